The number of halogens is 2. The summed E-state index contributed by atoms with van der Waals surface area (Å²) < 4.78 is 5.61. The molecule has 0 heterocycles. The summed E-state index contributed by atoms with van der Waals surface area (Å²) in [7, 11) is 0. The van der Waals surface area contributed by atoms with Gasteiger partial charge in [0.2, 0.25) is 0 Å². The second kappa shape index (κ2) is 3.85. The zero-order valence-electron chi connectivity index (χ0n) is 8.34. The zero-order valence-corrected chi connectivity index (χ0v) is 9.85. The van der Waals surface area contributed by atoms with Crippen LogP contribution in [0.2, 0.25) is 10.0 Å². The fraction of sp³-hybridized carbons (Fsp3) is 0.455. The maximum absolute atomic E-state index is 9.79. The van der Waals surface area contributed by atoms with Crippen LogP contribution < -0.4 is 4.74 Å². The van der Waals surface area contributed by atoms with Gasteiger partial charge in [-0.15, -0.1) is 0 Å². The second-order valence-electron chi connectivity index (χ2n) is 4.08. The molecule has 0 amide bonds. The van der Waals surface area contributed by atoms with E-state index in [9.17, 15) is 5.11 Å². The van der Waals surface area contributed by atoms with Crippen LogP contribution in [0.1, 0.15) is 19.8 Å². The highest BCUT2D eigenvalue weighted by molar-refractivity contribution is 6.34. The lowest BCUT2D eigenvalue weighted by Gasteiger charge is -2.42. The van der Waals surface area contributed by atoms with E-state index >= 15 is 0 Å². The van der Waals surface area contributed by atoms with Gasteiger partial charge in [0.05, 0.1) is 10.6 Å². The molecule has 2 atom stereocenters. The lowest BCUT2D eigenvalue weighted by Crippen LogP contribution is -2.52. The fourth-order valence-corrected chi connectivity index (χ4v) is 1.91. The molecule has 1 aromatic rings. The van der Waals surface area contributed by atoms with E-state index in [-0.39, 0.29) is 6.10 Å². The van der Waals surface area contributed by atoms with Crippen LogP contribution in [0, 0.1) is 0 Å². The molecule has 0 bridgehead atoms. The normalized spacial score (nSPS) is 29.7. The van der Waals surface area contributed by atoms with Crippen molar-refractivity contribution in [3.63, 3.8) is 0 Å². The Hall–Kier alpha value is -0.440. The standard InChI is InChI=1S/C11H12Cl2O2/c1-11(14)5-4-10(11)15-9-6-7(12)2-3-8(9)13/h2-3,6,10,14H,4-5H2,1H3/t10-,11-/m0/s1. The molecule has 0 unspecified atom stereocenters. The van der Waals surface area contributed by atoms with E-state index in [0.717, 1.165) is 12.8 Å². The summed E-state index contributed by atoms with van der Waals surface area (Å²) in [4.78, 5) is 0. The van der Waals surface area contributed by atoms with Gasteiger partial charge < -0.3 is 9.84 Å². The minimum absolute atomic E-state index is 0.187. The van der Waals surface area contributed by atoms with Gasteiger partial charge in [-0.2, -0.15) is 0 Å². The smallest absolute Gasteiger partial charge is 0.139 e. The highest BCUT2D eigenvalue weighted by Crippen LogP contribution is 2.37. The number of ether oxygens (including phenoxy) is 1. The van der Waals surface area contributed by atoms with E-state index in [1.165, 1.54) is 0 Å². The Labute approximate surface area is 98.8 Å². The molecule has 1 N–H and O–H groups in total. The molecular formula is C11H12Cl2O2. The molecule has 0 radical (unpaired) electrons. The zero-order chi connectivity index (χ0) is 11.1. The van der Waals surface area contributed by atoms with Gasteiger partial charge in [0.1, 0.15) is 11.9 Å². The minimum Gasteiger partial charge on any atom is -0.486 e. The van der Waals surface area contributed by atoms with Gasteiger partial charge in [0.15, 0.2) is 0 Å². The van der Waals surface area contributed by atoms with Crippen LogP contribution in [0.15, 0.2) is 18.2 Å². The number of hydrogen-bond acceptors (Lipinski definition) is 2. The molecule has 15 heavy (non-hydrogen) atoms. The van der Waals surface area contributed by atoms with Gasteiger partial charge in [-0.25, -0.2) is 0 Å². The second-order valence-corrected chi connectivity index (χ2v) is 4.92. The SMILES string of the molecule is C[C@]1(O)CC[C@@H]1Oc1cc(Cl)ccc1Cl. The van der Waals surface area contributed by atoms with Crippen molar-refractivity contribution in [2.45, 2.75) is 31.5 Å². The molecule has 4 heteroatoms. The summed E-state index contributed by atoms with van der Waals surface area (Å²) in [6, 6.07) is 5.06. The van der Waals surface area contributed by atoms with E-state index in [4.69, 9.17) is 27.9 Å². The summed E-state index contributed by atoms with van der Waals surface area (Å²) in [6.45, 7) is 1.76. The topological polar surface area (TPSA) is 29.5 Å². The first-order valence-electron chi connectivity index (χ1n) is 4.83. The molecule has 1 fully saturated rings. The Balaban J connectivity index is 2.14. The summed E-state index contributed by atoms with van der Waals surface area (Å²) >= 11 is 11.8. The Morgan fingerprint density at radius 1 is 1.47 bits per heavy atom. The number of benzene rings is 1. The Bertz CT molecular complexity index is 377. The maximum atomic E-state index is 9.79. The third kappa shape index (κ3) is 2.22. The van der Waals surface area contributed by atoms with Crippen LogP contribution in [0.4, 0.5) is 0 Å². The van der Waals surface area contributed by atoms with Crippen LogP contribution in [-0.4, -0.2) is 16.8 Å². The lowest BCUT2D eigenvalue weighted by atomic mass is 9.78. The number of rotatable bonds is 2. The third-order valence-corrected chi connectivity index (χ3v) is 3.32. The number of hydrogen-bond donors (Lipinski definition) is 1. The molecule has 0 saturated heterocycles. The summed E-state index contributed by atoms with van der Waals surface area (Å²) in [6.07, 6.45) is 1.42. The van der Waals surface area contributed by atoms with Crippen LogP contribution >= 0.6 is 23.2 Å². The van der Waals surface area contributed by atoms with Crippen LogP contribution in [-0.2, 0) is 0 Å². The molecule has 1 aliphatic rings. The van der Waals surface area contributed by atoms with Crippen molar-refractivity contribution in [3.8, 4) is 5.75 Å². The first kappa shape index (κ1) is 11.1. The summed E-state index contributed by atoms with van der Waals surface area (Å²) in [5.74, 6) is 0.536. The van der Waals surface area contributed by atoms with Crippen molar-refractivity contribution in [3.05, 3.63) is 28.2 Å². The predicted molar refractivity (Wildman–Crippen MR) is 60.7 cm³/mol. The maximum Gasteiger partial charge on any atom is 0.139 e. The van der Waals surface area contributed by atoms with Crippen LogP contribution in [0.25, 0.3) is 0 Å². The third-order valence-electron chi connectivity index (χ3n) is 2.77. The molecule has 0 aliphatic heterocycles. The van der Waals surface area contributed by atoms with E-state index < -0.39 is 5.60 Å². The predicted octanol–water partition coefficient (Wildman–Crippen LogP) is 3.29. The van der Waals surface area contributed by atoms with E-state index in [2.05, 4.69) is 0 Å². The average Bonchev–Trinajstić information content (AvgIpc) is 2.18. The lowest BCUT2D eigenvalue weighted by molar-refractivity contribution is -0.118. The van der Waals surface area contributed by atoms with Gasteiger partial charge in [-0.3, -0.25) is 0 Å². The van der Waals surface area contributed by atoms with Crippen molar-refractivity contribution in [2.75, 3.05) is 0 Å². The Morgan fingerprint density at radius 2 is 2.20 bits per heavy atom. The molecule has 0 aromatic heterocycles. The van der Waals surface area contributed by atoms with Gasteiger partial charge in [0, 0.05) is 11.1 Å². The Kier molecular flexibility index (Phi) is 2.84. The molecule has 2 nitrogen and oxygen atoms in total. The molecule has 82 valence electrons. The van der Waals surface area contributed by atoms with Gasteiger partial charge >= 0.3 is 0 Å². The first-order chi connectivity index (χ1) is 6.99. The van der Waals surface area contributed by atoms with Crippen molar-refractivity contribution in [2.24, 2.45) is 0 Å². The molecule has 2 rings (SSSR count). The highest BCUT2D eigenvalue weighted by Gasteiger charge is 2.43. The summed E-state index contributed by atoms with van der Waals surface area (Å²) in [5, 5.41) is 10.9. The first-order valence-corrected chi connectivity index (χ1v) is 5.59. The van der Waals surface area contributed by atoms with Crippen LogP contribution in [0.3, 0.4) is 0 Å². The van der Waals surface area contributed by atoms with E-state index in [0.29, 0.717) is 15.8 Å². The molecule has 1 aliphatic carbocycles. The van der Waals surface area contributed by atoms with Gasteiger partial charge in [0.25, 0.3) is 0 Å². The number of aliphatic hydroxyl groups is 1. The van der Waals surface area contributed by atoms with E-state index in [1.54, 1.807) is 25.1 Å². The average molecular weight is 247 g/mol. The molecular weight excluding hydrogens is 235 g/mol. The Morgan fingerprint density at radius 3 is 2.73 bits per heavy atom. The van der Waals surface area contributed by atoms with Crippen molar-refractivity contribution >= 4 is 23.2 Å². The van der Waals surface area contributed by atoms with Crippen LogP contribution in [0.5, 0.6) is 5.75 Å². The van der Waals surface area contributed by atoms with Crippen molar-refractivity contribution < 1.29 is 9.84 Å². The van der Waals surface area contributed by atoms with Crippen molar-refractivity contribution in [1.82, 2.24) is 0 Å². The summed E-state index contributed by atoms with van der Waals surface area (Å²) in [5.41, 5.74) is -0.744. The quantitative estimate of drug-likeness (QED) is 0.868. The largest absolute Gasteiger partial charge is 0.486 e. The highest BCUT2D eigenvalue weighted by atomic mass is 35.5. The minimum atomic E-state index is -0.744. The van der Waals surface area contributed by atoms with Gasteiger partial charge in [-0.1, -0.05) is 23.2 Å². The van der Waals surface area contributed by atoms with Crippen molar-refractivity contribution in [1.29, 1.82) is 0 Å². The monoisotopic (exact) mass is 246 g/mol. The van der Waals surface area contributed by atoms with E-state index in [1.807, 2.05) is 0 Å². The molecule has 1 saturated carbocycles. The van der Waals surface area contributed by atoms with Gasteiger partial charge in [-0.05, 0) is 31.9 Å². The fourth-order valence-electron chi connectivity index (χ4n) is 1.59. The molecule has 0 spiro atoms. The molecule has 1 aromatic carbocycles.